The second-order valence-corrected chi connectivity index (χ2v) is 6.46. The minimum Gasteiger partial charge on any atom is -0.497 e. The molecule has 0 bridgehead atoms. The van der Waals surface area contributed by atoms with Crippen LogP contribution in [0.5, 0.6) is 5.75 Å². The van der Waals surface area contributed by atoms with Crippen molar-refractivity contribution in [1.82, 2.24) is 5.32 Å². The van der Waals surface area contributed by atoms with Crippen molar-refractivity contribution in [2.75, 3.05) is 13.7 Å². The van der Waals surface area contributed by atoms with Crippen molar-refractivity contribution in [3.05, 3.63) is 71.8 Å². The van der Waals surface area contributed by atoms with Crippen LogP contribution in [0.25, 0.3) is 6.08 Å². The number of carbonyl (C=O) groups excluding carboxylic acids is 1. The topological polar surface area (TPSA) is 47.6 Å². The lowest BCUT2D eigenvalue weighted by Crippen LogP contribution is -2.46. The Hall–Kier alpha value is -2.59. The van der Waals surface area contributed by atoms with Gasteiger partial charge in [-0.05, 0) is 43.2 Å². The zero-order valence-electron chi connectivity index (χ0n) is 15.0. The van der Waals surface area contributed by atoms with Gasteiger partial charge in [-0.1, -0.05) is 42.5 Å². The normalized spacial score (nSPS) is 11.5. The van der Waals surface area contributed by atoms with Crippen molar-refractivity contribution in [3.63, 3.8) is 0 Å². The predicted molar refractivity (Wildman–Crippen MR) is 100 cm³/mol. The van der Waals surface area contributed by atoms with Gasteiger partial charge in [-0.3, -0.25) is 4.79 Å². The third kappa shape index (κ3) is 6.81. The van der Waals surface area contributed by atoms with Crippen molar-refractivity contribution in [3.8, 4) is 5.75 Å². The molecule has 1 N–H and O–H groups in total. The number of methoxy groups -OCH3 is 1. The highest BCUT2D eigenvalue weighted by molar-refractivity contribution is 5.92. The third-order valence-corrected chi connectivity index (χ3v) is 3.56. The van der Waals surface area contributed by atoms with E-state index in [1.54, 1.807) is 13.2 Å². The van der Waals surface area contributed by atoms with Gasteiger partial charge >= 0.3 is 0 Å². The average Bonchev–Trinajstić information content (AvgIpc) is 2.60. The highest BCUT2D eigenvalue weighted by Gasteiger charge is 2.19. The number of ether oxygens (including phenoxy) is 2. The maximum atomic E-state index is 12.1. The Bertz CT molecular complexity index is 708. The van der Waals surface area contributed by atoms with E-state index in [-0.39, 0.29) is 5.91 Å². The molecule has 1 amide bonds. The molecule has 0 aliphatic heterocycles. The van der Waals surface area contributed by atoms with Crippen LogP contribution < -0.4 is 10.1 Å². The fourth-order valence-electron chi connectivity index (χ4n) is 2.33. The van der Waals surface area contributed by atoms with Gasteiger partial charge < -0.3 is 14.8 Å². The molecule has 0 saturated carbocycles. The molecule has 25 heavy (non-hydrogen) atoms. The van der Waals surface area contributed by atoms with Gasteiger partial charge in [-0.15, -0.1) is 0 Å². The summed E-state index contributed by atoms with van der Waals surface area (Å²) in [5.74, 6) is 0.605. The summed E-state index contributed by atoms with van der Waals surface area (Å²) in [6, 6.07) is 17.5. The summed E-state index contributed by atoms with van der Waals surface area (Å²) in [6.07, 6.45) is 3.28. The van der Waals surface area contributed by atoms with Crippen LogP contribution >= 0.6 is 0 Å². The number of hydrogen-bond donors (Lipinski definition) is 1. The van der Waals surface area contributed by atoms with Crippen molar-refractivity contribution in [2.45, 2.75) is 26.0 Å². The van der Waals surface area contributed by atoms with Gasteiger partial charge in [0.15, 0.2) is 0 Å². The molecule has 0 aliphatic rings. The van der Waals surface area contributed by atoms with Crippen LogP contribution in [0.3, 0.4) is 0 Å². The zero-order chi connectivity index (χ0) is 18.1. The molecule has 0 aliphatic carbocycles. The molecular weight excluding hydrogens is 314 g/mol. The predicted octanol–water partition coefficient (Wildman–Crippen LogP) is 3.82. The molecule has 0 atom stereocenters. The van der Waals surface area contributed by atoms with Crippen LogP contribution in [-0.4, -0.2) is 25.2 Å². The smallest absolute Gasteiger partial charge is 0.244 e. The maximum absolute atomic E-state index is 12.1. The number of rotatable bonds is 8. The molecule has 4 heteroatoms. The van der Waals surface area contributed by atoms with Gasteiger partial charge in [0.05, 0.1) is 25.9 Å². The molecule has 0 unspecified atom stereocenters. The summed E-state index contributed by atoms with van der Waals surface area (Å²) in [4.78, 5) is 12.1. The van der Waals surface area contributed by atoms with Crippen LogP contribution in [0.1, 0.15) is 25.0 Å². The third-order valence-electron chi connectivity index (χ3n) is 3.56. The molecule has 132 valence electrons. The molecule has 2 rings (SSSR count). The zero-order valence-corrected chi connectivity index (χ0v) is 15.0. The second-order valence-electron chi connectivity index (χ2n) is 6.46. The van der Waals surface area contributed by atoms with Gasteiger partial charge in [0, 0.05) is 6.08 Å². The molecule has 0 fully saturated rings. The maximum Gasteiger partial charge on any atom is 0.244 e. The van der Waals surface area contributed by atoms with Gasteiger partial charge in [-0.2, -0.15) is 0 Å². The average molecular weight is 339 g/mol. The van der Waals surface area contributed by atoms with Gasteiger partial charge in [0.2, 0.25) is 5.91 Å². The number of hydrogen-bond acceptors (Lipinski definition) is 3. The molecule has 0 radical (unpaired) electrons. The molecule has 0 spiro atoms. The Labute approximate surface area is 149 Å². The lowest BCUT2D eigenvalue weighted by atomic mass is 10.1. The van der Waals surface area contributed by atoms with E-state index in [4.69, 9.17) is 9.47 Å². The Morgan fingerprint density at radius 1 is 1.12 bits per heavy atom. The van der Waals surface area contributed by atoms with E-state index in [1.807, 2.05) is 68.4 Å². The quantitative estimate of drug-likeness (QED) is 0.744. The second kappa shape index (κ2) is 9.04. The van der Waals surface area contributed by atoms with Crippen molar-refractivity contribution in [2.24, 2.45) is 0 Å². The Balaban J connectivity index is 1.82. The van der Waals surface area contributed by atoms with E-state index in [0.29, 0.717) is 13.2 Å². The summed E-state index contributed by atoms with van der Waals surface area (Å²) >= 11 is 0. The number of benzene rings is 2. The number of amides is 1. The highest BCUT2D eigenvalue weighted by Crippen LogP contribution is 2.13. The monoisotopic (exact) mass is 339 g/mol. The van der Waals surface area contributed by atoms with Crippen LogP contribution in [0, 0.1) is 0 Å². The standard InChI is InChI=1S/C21H25NO3/c1-21(2,16-25-15-18-8-5-4-6-9-18)22-20(23)13-12-17-10-7-11-19(14-17)24-3/h4-14H,15-16H2,1-3H3,(H,22,23)/b13-12+. The fourth-order valence-corrected chi connectivity index (χ4v) is 2.33. The van der Waals surface area contributed by atoms with E-state index in [1.165, 1.54) is 6.08 Å². The Morgan fingerprint density at radius 2 is 1.88 bits per heavy atom. The number of carbonyl (C=O) groups is 1. The molecule has 0 heterocycles. The van der Waals surface area contributed by atoms with E-state index in [0.717, 1.165) is 16.9 Å². The number of nitrogens with one attached hydrogen (secondary N) is 1. The Morgan fingerprint density at radius 3 is 2.60 bits per heavy atom. The molecule has 4 nitrogen and oxygen atoms in total. The Kier molecular flexibility index (Phi) is 6.78. The summed E-state index contributed by atoms with van der Waals surface area (Å²) in [7, 11) is 1.62. The van der Waals surface area contributed by atoms with Crippen LogP contribution in [0.4, 0.5) is 0 Å². The summed E-state index contributed by atoms with van der Waals surface area (Å²) in [5, 5.41) is 2.96. The van der Waals surface area contributed by atoms with E-state index in [2.05, 4.69) is 5.32 Å². The van der Waals surface area contributed by atoms with Gasteiger partial charge in [0.25, 0.3) is 0 Å². The van der Waals surface area contributed by atoms with Crippen LogP contribution in [-0.2, 0) is 16.1 Å². The van der Waals surface area contributed by atoms with Crippen molar-refractivity contribution < 1.29 is 14.3 Å². The van der Waals surface area contributed by atoms with Crippen molar-refractivity contribution >= 4 is 12.0 Å². The van der Waals surface area contributed by atoms with Gasteiger partial charge in [0.1, 0.15) is 5.75 Å². The lowest BCUT2D eigenvalue weighted by molar-refractivity contribution is -0.118. The first-order valence-corrected chi connectivity index (χ1v) is 8.24. The minimum atomic E-state index is -0.454. The highest BCUT2D eigenvalue weighted by atomic mass is 16.5. The fraction of sp³-hybridized carbons (Fsp3) is 0.286. The van der Waals surface area contributed by atoms with Crippen LogP contribution in [0.2, 0.25) is 0 Å². The molecule has 0 saturated heterocycles. The molecular formula is C21H25NO3. The first kappa shape index (κ1) is 18.7. The van der Waals surface area contributed by atoms with E-state index < -0.39 is 5.54 Å². The summed E-state index contributed by atoms with van der Waals surface area (Å²) in [6.45, 7) is 4.84. The van der Waals surface area contributed by atoms with Crippen molar-refractivity contribution in [1.29, 1.82) is 0 Å². The largest absolute Gasteiger partial charge is 0.497 e. The summed E-state index contributed by atoms with van der Waals surface area (Å²) in [5.41, 5.74) is 1.57. The SMILES string of the molecule is COc1cccc(/C=C/C(=O)NC(C)(C)COCc2ccccc2)c1. The first-order valence-electron chi connectivity index (χ1n) is 8.24. The molecule has 2 aromatic carbocycles. The molecule has 2 aromatic rings. The lowest BCUT2D eigenvalue weighted by Gasteiger charge is -2.25. The summed E-state index contributed by atoms with van der Waals surface area (Å²) < 4.78 is 10.9. The minimum absolute atomic E-state index is 0.156. The molecule has 0 aromatic heterocycles. The van der Waals surface area contributed by atoms with E-state index >= 15 is 0 Å². The first-order chi connectivity index (χ1) is 12.0. The van der Waals surface area contributed by atoms with Crippen LogP contribution in [0.15, 0.2) is 60.7 Å². The van der Waals surface area contributed by atoms with Gasteiger partial charge in [-0.25, -0.2) is 0 Å². The van der Waals surface area contributed by atoms with E-state index in [9.17, 15) is 4.79 Å².